The van der Waals surface area contributed by atoms with E-state index in [1.54, 1.807) is 6.20 Å². The van der Waals surface area contributed by atoms with Gasteiger partial charge >= 0.3 is 0 Å². The van der Waals surface area contributed by atoms with Gasteiger partial charge in [-0.15, -0.1) is 0 Å². The summed E-state index contributed by atoms with van der Waals surface area (Å²) in [7, 11) is 0. The summed E-state index contributed by atoms with van der Waals surface area (Å²) in [6, 6.07) is 11.1. The van der Waals surface area contributed by atoms with E-state index in [0.29, 0.717) is 23.8 Å². The van der Waals surface area contributed by atoms with E-state index < -0.39 is 0 Å². The minimum Gasteiger partial charge on any atom is -0.394 e. The number of rotatable bonds is 5. The maximum atomic E-state index is 9.51. The van der Waals surface area contributed by atoms with Gasteiger partial charge in [-0.1, -0.05) is 38.1 Å². The quantitative estimate of drug-likeness (QED) is 0.885. The van der Waals surface area contributed by atoms with E-state index in [9.17, 15) is 5.11 Å². The normalized spacial score (nSPS) is 22.8. The number of aromatic nitrogens is 2. The summed E-state index contributed by atoms with van der Waals surface area (Å²) in [5, 5.41) is 12.8. The van der Waals surface area contributed by atoms with Gasteiger partial charge in [-0.05, 0) is 29.5 Å². The molecule has 5 heteroatoms. The van der Waals surface area contributed by atoms with Gasteiger partial charge in [-0.2, -0.15) is 4.98 Å². The van der Waals surface area contributed by atoms with E-state index in [1.807, 2.05) is 6.07 Å². The molecule has 2 heterocycles. The Hall–Kier alpha value is -2.14. The molecule has 2 N–H and O–H groups in total. The first kappa shape index (κ1) is 15.4. The zero-order valence-corrected chi connectivity index (χ0v) is 14.2. The highest BCUT2D eigenvalue weighted by atomic mass is 16.3. The Morgan fingerprint density at radius 3 is 2.79 bits per heavy atom. The van der Waals surface area contributed by atoms with Crippen LogP contribution < -0.4 is 10.2 Å². The fraction of sp³-hybridized carbons (Fsp3) is 0.474. The summed E-state index contributed by atoms with van der Waals surface area (Å²) < 4.78 is 0. The van der Waals surface area contributed by atoms with Crippen molar-refractivity contribution in [3.05, 3.63) is 47.7 Å². The fourth-order valence-corrected chi connectivity index (χ4v) is 3.96. The van der Waals surface area contributed by atoms with E-state index in [-0.39, 0.29) is 12.6 Å². The molecule has 0 saturated carbocycles. The van der Waals surface area contributed by atoms with Crippen molar-refractivity contribution in [1.29, 1.82) is 0 Å². The molecule has 126 valence electrons. The summed E-state index contributed by atoms with van der Waals surface area (Å²) in [5.74, 6) is 2.49. The van der Waals surface area contributed by atoms with Crippen LogP contribution in [0.3, 0.4) is 0 Å². The lowest BCUT2D eigenvalue weighted by Crippen LogP contribution is -2.31. The molecule has 3 atom stereocenters. The van der Waals surface area contributed by atoms with Crippen molar-refractivity contribution >= 4 is 11.8 Å². The summed E-state index contributed by atoms with van der Waals surface area (Å²) in [6.07, 6.45) is 2.98. The van der Waals surface area contributed by atoms with Crippen molar-refractivity contribution in [2.45, 2.75) is 38.3 Å². The SMILES string of the molecule is CC(C)[C@@H](CO)Nc1nccc(N2C[C@H]3C[C@H]2c2ccccc23)n1. The Morgan fingerprint density at radius 2 is 2.04 bits per heavy atom. The highest BCUT2D eigenvalue weighted by molar-refractivity contribution is 5.54. The molecule has 2 bridgehead atoms. The van der Waals surface area contributed by atoms with E-state index in [2.05, 4.69) is 53.3 Å². The van der Waals surface area contributed by atoms with Gasteiger partial charge in [0.15, 0.2) is 0 Å². The molecule has 1 saturated heterocycles. The molecule has 5 nitrogen and oxygen atoms in total. The molecule has 24 heavy (non-hydrogen) atoms. The minimum absolute atomic E-state index is 0.0315. The standard InChI is InChI=1S/C19H24N4O/c1-12(2)16(11-24)21-19-20-8-7-18(22-19)23-10-13-9-17(23)15-6-4-3-5-14(13)15/h3-8,12-13,16-17,24H,9-11H2,1-2H3,(H,20,21,22)/t13-,16-,17+/m1/s1. The van der Waals surface area contributed by atoms with E-state index in [0.717, 1.165) is 12.4 Å². The van der Waals surface area contributed by atoms with Crippen LogP contribution >= 0.6 is 0 Å². The Balaban J connectivity index is 1.57. The predicted molar refractivity (Wildman–Crippen MR) is 95.3 cm³/mol. The molecular weight excluding hydrogens is 300 g/mol. The van der Waals surface area contributed by atoms with Crippen LogP contribution in [-0.4, -0.2) is 34.3 Å². The summed E-state index contributed by atoms with van der Waals surface area (Å²) in [6.45, 7) is 5.25. The number of aliphatic hydroxyl groups excluding tert-OH is 1. The van der Waals surface area contributed by atoms with Gasteiger partial charge in [-0.25, -0.2) is 4.98 Å². The largest absolute Gasteiger partial charge is 0.394 e. The molecule has 1 aromatic heterocycles. The van der Waals surface area contributed by atoms with Crippen molar-refractivity contribution in [2.24, 2.45) is 5.92 Å². The smallest absolute Gasteiger partial charge is 0.224 e. The van der Waals surface area contributed by atoms with Crippen LogP contribution in [-0.2, 0) is 0 Å². The number of nitrogens with one attached hydrogen (secondary N) is 1. The lowest BCUT2D eigenvalue weighted by Gasteiger charge is -2.30. The fourth-order valence-electron chi connectivity index (χ4n) is 3.96. The Kier molecular flexibility index (Phi) is 3.88. The topological polar surface area (TPSA) is 61.3 Å². The number of aliphatic hydroxyl groups is 1. The van der Waals surface area contributed by atoms with Gasteiger partial charge in [0.2, 0.25) is 5.95 Å². The number of hydrogen-bond acceptors (Lipinski definition) is 5. The van der Waals surface area contributed by atoms with E-state index >= 15 is 0 Å². The van der Waals surface area contributed by atoms with Crippen LogP contribution in [0.4, 0.5) is 11.8 Å². The maximum absolute atomic E-state index is 9.51. The first-order valence-electron chi connectivity index (χ1n) is 8.73. The van der Waals surface area contributed by atoms with Crippen LogP contribution in [0.25, 0.3) is 0 Å². The first-order valence-corrected chi connectivity index (χ1v) is 8.73. The minimum atomic E-state index is -0.0315. The Bertz CT molecular complexity index is 733. The van der Waals surface area contributed by atoms with Crippen LogP contribution in [0.5, 0.6) is 0 Å². The van der Waals surface area contributed by atoms with Gasteiger partial charge in [0.1, 0.15) is 5.82 Å². The number of nitrogens with zero attached hydrogens (tertiary/aromatic N) is 3. The second-order valence-corrected chi connectivity index (χ2v) is 7.15. The predicted octanol–water partition coefficient (Wildman–Crippen LogP) is 2.95. The van der Waals surface area contributed by atoms with Gasteiger partial charge in [0.05, 0.1) is 18.7 Å². The molecule has 0 radical (unpaired) electrons. The van der Waals surface area contributed by atoms with Gasteiger partial charge in [0, 0.05) is 18.7 Å². The molecular formula is C19H24N4O. The average molecular weight is 324 g/mol. The highest BCUT2D eigenvalue weighted by Crippen LogP contribution is 2.51. The molecule has 0 spiro atoms. The Morgan fingerprint density at radius 1 is 1.25 bits per heavy atom. The zero-order chi connectivity index (χ0) is 16.7. The second kappa shape index (κ2) is 6.06. The molecule has 0 unspecified atom stereocenters. The van der Waals surface area contributed by atoms with Gasteiger partial charge < -0.3 is 15.3 Å². The number of anilines is 2. The second-order valence-electron chi connectivity index (χ2n) is 7.15. The lowest BCUT2D eigenvalue weighted by atomic mass is 9.99. The van der Waals surface area contributed by atoms with Gasteiger partial charge in [-0.3, -0.25) is 0 Å². The highest BCUT2D eigenvalue weighted by Gasteiger charge is 2.42. The van der Waals surface area contributed by atoms with E-state index in [1.165, 1.54) is 17.5 Å². The summed E-state index contributed by atoms with van der Waals surface area (Å²) >= 11 is 0. The van der Waals surface area contributed by atoms with Crippen LogP contribution in [0.15, 0.2) is 36.5 Å². The van der Waals surface area contributed by atoms with Crippen molar-refractivity contribution in [3.8, 4) is 0 Å². The third-order valence-corrected chi connectivity index (χ3v) is 5.35. The number of benzene rings is 1. The summed E-state index contributed by atoms with van der Waals surface area (Å²) in [5.41, 5.74) is 2.95. The molecule has 1 fully saturated rings. The van der Waals surface area contributed by atoms with Crippen molar-refractivity contribution in [2.75, 3.05) is 23.4 Å². The third kappa shape index (κ3) is 2.53. The Labute approximate surface area is 142 Å². The molecule has 2 aromatic rings. The summed E-state index contributed by atoms with van der Waals surface area (Å²) in [4.78, 5) is 11.4. The van der Waals surface area contributed by atoms with Crippen molar-refractivity contribution in [1.82, 2.24) is 9.97 Å². The average Bonchev–Trinajstić information content (AvgIpc) is 3.19. The number of hydrogen-bond donors (Lipinski definition) is 2. The van der Waals surface area contributed by atoms with Crippen molar-refractivity contribution < 1.29 is 5.11 Å². The maximum Gasteiger partial charge on any atom is 0.224 e. The molecule has 4 rings (SSSR count). The van der Waals surface area contributed by atoms with E-state index in [4.69, 9.17) is 4.98 Å². The van der Waals surface area contributed by atoms with Gasteiger partial charge in [0.25, 0.3) is 0 Å². The molecule has 1 aliphatic heterocycles. The third-order valence-electron chi connectivity index (χ3n) is 5.35. The molecule has 1 aliphatic carbocycles. The molecule has 1 aromatic carbocycles. The van der Waals surface area contributed by atoms with Crippen LogP contribution in [0.2, 0.25) is 0 Å². The monoisotopic (exact) mass is 324 g/mol. The van der Waals surface area contributed by atoms with Crippen molar-refractivity contribution in [3.63, 3.8) is 0 Å². The number of fused-ring (bicyclic) bond motifs is 5. The van der Waals surface area contributed by atoms with Crippen LogP contribution in [0.1, 0.15) is 43.4 Å². The molecule has 0 amide bonds. The first-order chi connectivity index (χ1) is 11.7. The zero-order valence-electron chi connectivity index (χ0n) is 14.2. The lowest BCUT2D eigenvalue weighted by molar-refractivity contribution is 0.248. The molecule has 2 aliphatic rings. The van der Waals surface area contributed by atoms with Crippen LogP contribution in [0, 0.1) is 5.92 Å².